The Morgan fingerprint density at radius 2 is 1.73 bits per heavy atom. The van der Waals surface area contributed by atoms with E-state index in [1.54, 1.807) is 0 Å². The standard InChI is InChI=1S/C19H18N2O/c1-14-18(20)11-16(12-21-14)17-9-5-6-10-19(17)22-13-15-7-3-2-4-8-15/h2-12H,13,20H2,1H3. The first-order valence-corrected chi connectivity index (χ1v) is 7.22. The number of para-hydroxylation sites is 1. The fourth-order valence-corrected chi connectivity index (χ4v) is 2.26. The van der Waals surface area contributed by atoms with E-state index < -0.39 is 0 Å². The number of aromatic nitrogens is 1. The van der Waals surface area contributed by atoms with E-state index in [9.17, 15) is 0 Å². The van der Waals surface area contributed by atoms with Crippen LogP contribution in [0, 0.1) is 6.92 Å². The van der Waals surface area contributed by atoms with Crippen molar-refractivity contribution in [3.05, 3.63) is 78.1 Å². The summed E-state index contributed by atoms with van der Waals surface area (Å²) in [7, 11) is 0. The zero-order valence-electron chi connectivity index (χ0n) is 12.5. The van der Waals surface area contributed by atoms with Crippen molar-refractivity contribution >= 4 is 5.69 Å². The Hall–Kier alpha value is -2.81. The summed E-state index contributed by atoms with van der Waals surface area (Å²) in [6, 6.07) is 20.0. The largest absolute Gasteiger partial charge is 0.488 e. The Balaban J connectivity index is 1.88. The van der Waals surface area contributed by atoms with Gasteiger partial charge in [0, 0.05) is 17.3 Å². The second kappa shape index (κ2) is 6.31. The summed E-state index contributed by atoms with van der Waals surface area (Å²) < 4.78 is 5.98. The summed E-state index contributed by atoms with van der Waals surface area (Å²) >= 11 is 0. The van der Waals surface area contributed by atoms with E-state index in [0.29, 0.717) is 12.3 Å². The predicted octanol–water partition coefficient (Wildman–Crippen LogP) is 4.22. The molecule has 0 amide bonds. The molecule has 0 atom stereocenters. The average molecular weight is 290 g/mol. The van der Waals surface area contributed by atoms with Crippen LogP contribution in [0.15, 0.2) is 66.9 Å². The molecule has 3 aromatic rings. The fourth-order valence-electron chi connectivity index (χ4n) is 2.26. The van der Waals surface area contributed by atoms with Crippen LogP contribution in [0.25, 0.3) is 11.1 Å². The molecule has 0 radical (unpaired) electrons. The monoisotopic (exact) mass is 290 g/mol. The minimum Gasteiger partial charge on any atom is -0.488 e. The zero-order chi connectivity index (χ0) is 15.4. The molecule has 3 rings (SSSR count). The molecule has 0 unspecified atom stereocenters. The smallest absolute Gasteiger partial charge is 0.127 e. The molecule has 2 N–H and O–H groups in total. The van der Waals surface area contributed by atoms with E-state index in [0.717, 1.165) is 28.1 Å². The highest BCUT2D eigenvalue weighted by Crippen LogP contribution is 2.31. The number of pyridine rings is 1. The molecule has 0 saturated heterocycles. The Kier molecular flexibility index (Phi) is 4.05. The van der Waals surface area contributed by atoms with E-state index in [2.05, 4.69) is 4.98 Å². The average Bonchev–Trinajstić information content (AvgIpc) is 2.57. The van der Waals surface area contributed by atoms with Crippen LogP contribution in [0.3, 0.4) is 0 Å². The molecule has 1 aromatic heterocycles. The van der Waals surface area contributed by atoms with Gasteiger partial charge >= 0.3 is 0 Å². The topological polar surface area (TPSA) is 48.1 Å². The zero-order valence-corrected chi connectivity index (χ0v) is 12.5. The molecule has 2 aromatic carbocycles. The van der Waals surface area contributed by atoms with Crippen molar-refractivity contribution in [1.82, 2.24) is 4.98 Å². The summed E-state index contributed by atoms with van der Waals surface area (Å²) in [6.45, 7) is 2.43. The second-order valence-corrected chi connectivity index (χ2v) is 5.17. The summed E-state index contributed by atoms with van der Waals surface area (Å²) in [5.74, 6) is 0.830. The summed E-state index contributed by atoms with van der Waals surface area (Å²) in [5, 5.41) is 0. The van der Waals surface area contributed by atoms with Crippen LogP contribution in [0.5, 0.6) is 5.75 Å². The van der Waals surface area contributed by atoms with Gasteiger partial charge in [-0.1, -0.05) is 48.5 Å². The molecule has 3 nitrogen and oxygen atoms in total. The van der Waals surface area contributed by atoms with Crippen molar-refractivity contribution < 1.29 is 4.74 Å². The van der Waals surface area contributed by atoms with Crippen LogP contribution in [-0.2, 0) is 6.61 Å². The number of hydrogen-bond acceptors (Lipinski definition) is 3. The Bertz CT molecular complexity index is 769. The first kappa shape index (κ1) is 14.1. The molecule has 3 heteroatoms. The van der Waals surface area contributed by atoms with Crippen LogP contribution in [0.1, 0.15) is 11.3 Å². The van der Waals surface area contributed by atoms with Crippen LogP contribution < -0.4 is 10.5 Å². The Morgan fingerprint density at radius 3 is 2.50 bits per heavy atom. The molecule has 0 spiro atoms. The maximum atomic E-state index is 5.98. The summed E-state index contributed by atoms with van der Waals surface area (Å²) in [4.78, 5) is 4.33. The van der Waals surface area contributed by atoms with Crippen molar-refractivity contribution in [2.75, 3.05) is 5.73 Å². The molecule has 0 fully saturated rings. The lowest BCUT2D eigenvalue weighted by atomic mass is 10.1. The number of nitrogen functional groups attached to an aromatic ring is 1. The first-order chi connectivity index (χ1) is 10.7. The van der Waals surface area contributed by atoms with E-state index in [1.807, 2.05) is 73.8 Å². The number of nitrogens with zero attached hydrogens (tertiary/aromatic N) is 1. The Morgan fingerprint density at radius 1 is 1.00 bits per heavy atom. The molecule has 22 heavy (non-hydrogen) atoms. The number of nitrogens with two attached hydrogens (primary N) is 1. The van der Waals surface area contributed by atoms with Gasteiger partial charge in [-0.3, -0.25) is 4.98 Å². The highest BCUT2D eigenvalue weighted by atomic mass is 16.5. The number of anilines is 1. The molecule has 1 heterocycles. The third-order valence-corrected chi connectivity index (χ3v) is 3.56. The van der Waals surface area contributed by atoms with Gasteiger partial charge in [0.1, 0.15) is 12.4 Å². The highest BCUT2D eigenvalue weighted by Gasteiger charge is 2.08. The second-order valence-electron chi connectivity index (χ2n) is 5.17. The number of rotatable bonds is 4. The first-order valence-electron chi connectivity index (χ1n) is 7.22. The Labute approximate surface area is 130 Å². The van der Waals surface area contributed by atoms with Gasteiger partial charge < -0.3 is 10.5 Å². The molecule has 0 aliphatic carbocycles. The molecular weight excluding hydrogens is 272 g/mol. The lowest BCUT2D eigenvalue weighted by Crippen LogP contribution is -1.98. The summed E-state index contributed by atoms with van der Waals surface area (Å²) in [6.07, 6.45) is 1.83. The molecule has 110 valence electrons. The van der Waals surface area contributed by atoms with Crippen molar-refractivity contribution in [1.29, 1.82) is 0 Å². The molecular formula is C19H18N2O. The molecule has 0 aliphatic heterocycles. The van der Waals surface area contributed by atoms with Crippen molar-refractivity contribution in [2.45, 2.75) is 13.5 Å². The summed E-state index contributed by atoms with van der Waals surface area (Å²) in [5.41, 5.74) is 10.6. The van der Waals surface area contributed by atoms with E-state index in [4.69, 9.17) is 10.5 Å². The fraction of sp³-hybridized carbons (Fsp3) is 0.105. The quantitative estimate of drug-likeness (QED) is 0.782. The maximum absolute atomic E-state index is 5.98. The van der Waals surface area contributed by atoms with Crippen molar-refractivity contribution in [2.24, 2.45) is 0 Å². The number of hydrogen-bond donors (Lipinski definition) is 1. The van der Waals surface area contributed by atoms with Gasteiger partial charge in [0.2, 0.25) is 0 Å². The van der Waals surface area contributed by atoms with E-state index in [1.165, 1.54) is 0 Å². The van der Waals surface area contributed by atoms with Gasteiger partial charge in [0.15, 0.2) is 0 Å². The lowest BCUT2D eigenvalue weighted by Gasteiger charge is -2.12. The van der Waals surface area contributed by atoms with Crippen LogP contribution >= 0.6 is 0 Å². The third-order valence-electron chi connectivity index (χ3n) is 3.56. The van der Waals surface area contributed by atoms with E-state index >= 15 is 0 Å². The SMILES string of the molecule is Cc1ncc(-c2ccccc2OCc2ccccc2)cc1N. The molecule has 0 saturated carbocycles. The minimum atomic E-state index is 0.534. The molecule has 0 bridgehead atoms. The highest BCUT2D eigenvalue weighted by molar-refractivity contribution is 5.72. The van der Waals surface area contributed by atoms with Crippen LogP contribution in [0.4, 0.5) is 5.69 Å². The van der Waals surface area contributed by atoms with Gasteiger partial charge in [-0.25, -0.2) is 0 Å². The van der Waals surface area contributed by atoms with Crippen molar-refractivity contribution in [3.63, 3.8) is 0 Å². The third kappa shape index (κ3) is 3.09. The normalized spacial score (nSPS) is 10.4. The molecule has 0 aliphatic rings. The minimum absolute atomic E-state index is 0.534. The number of ether oxygens (including phenoxy) is 1. The predicted molar refractivity (Wildman–Crippen MR) is 89.6 cm³/mol. The van der Waals surface area contributed by atoms with E-state index in [-0.39, 0.29) is 0 Å². The van der Waals surface area contributed by atoms with Crippen LogP contribution in [0.2, 0.25) is 0 Å². The number of benzene rings is 2. The van der Waals surface area contributed by atoms with Gasteiger partial charge in [-0.2, -0.15) is 0 Å². The van der Waals surface area contributed by atoms with Gasteiger partial charge in [-0.05, 0) is 24.6 Å². The van der Waals surface area contributed by atoms with Crippen LogP contribution in [-0.4, -0.2) is 4.98 Å². The maximum Gasteiger partial charge on any atom is 0.127 e. The van der Waals surface area contributed by atoms with Gasteiger partial charge in [0.25, 0.3) is 0 Å². The number of aryl methyl sites for hydroxylation is 1. The van der Waals surface area contributed by atoms with Gasteiger partial charge in [0.05, 0.1) is 11.4 Å². The van der Waals surface area contributed by atoms with Crippen molar-refractivity contribution in [3.8, 4) is 16.9 Å². The van der Waals surface area contributed by atoms with Gasteiger partial charge in [-0.15, -0.1) is 0 Å². The lowest BCUT2D eigenvalue weighted by molar-refractivity contribution is 0.307.